The summed E-state index contributed by atoms with van der Waals surface area (Å²) < 4.78 is 5.38. The number of nitro benzene ring substituents is 1. The summed E-state index contributed by atoms with van der Waals surface area (Å²) in [6, 6.07) is 7.30. The molecule has 1 N–H and O–H groups in total. The van der Waals surface area contributed by atoms with Gasteiger partial charge in [0.05, 0.1) is 11.5 Å². The summed E-state index contributed by atoms with van der Waals surface area (Å²) in [6.07, 6.45) is 2.88. The molecule has 18 heavy (non-hydrogen) atoms. The van der Waals surface area contributed by atoms with Gasteiger partial charge >= 0.3 is 0 Å². The van der Waals surface area contributed by atoms with Gasteiger partial charge in [-0.25, -0.2) is 0 Å². The van der Waals surface area contributed by atoms with E-state index in [4.69, 9.17) is 4.74 Å². The van der Waals surface area contributed by atoms with Crippen LogP contribution < -0.4 is 5.32 Å². The Morgan fingerprint density at radius 2 is 2.28 bits per heavy atom. The maximum atomic E-state index is 10.9. The standard InChI is InChI=1S/C13H18N2O3/c16-15(17)13-6-2-1-4-11(13)7-8-14-12-5-3-9-18-10-12/h1-2,4,6,12,14H,3,5,7-10H2. The smallest absolute Gasteiger partial charge is 0.272 e. The molecular weight excluding hydrogens is 232 g/mol. The van der Waals surface area contributed by atoms with Crippen LogP contribution in [0.5, 0.6) is 0 Å². The molecule has 0 bridgehead atoms. The quantitative estimate of drug-likeness (QED) is 0.640. The summed E-state index contributed by atoms with van der Waals surface area (Å²) in [5.74, 6) is 0. The van der Waals surface area contributed by atoms with E-state index in [1.54, 1.807) is 12.1 Å². The molecule has 1 heterocycles. The Morgan fingerprint density at radius 1 is 1.44 bits per heavy atom. The number of hydrogen-bond donors (Lipinski definition) is 1. The van der Waals surface area contributed by atoms with Crippen molar-refractivity contribution in [3.8, 4) is 0 Å². The Labute approximate surface area is 106 Å². The molecule has 1 saturated heterocycles. The van der Waals surface area contributed by atoms with Crippen LogP contribution in [0.3, 0.4) is 0 Å². The second kappa shape index (κ2) is 6.47. The minimum absolute atomic E-state index is 0.208. The third-order valence-corrected chi connectivity index (χ3v) is 3.18. The van der Waals surface area contributed by atoms with Crippen molar-refractivity contribution in [2.75, 3.05) is 19.8 Å². The maximum Gasteiger partial charge on any atom is 0.272 e. The van der Waals surface area contributed by atoms with Crippen LogP contribution in [-0.2, 0) is 11.2 Å². The van der Waals surface area contributed by atoms with Gasteiger partial charge in [-0.05, 0) is 25.8 Å². The fourth-order valence-corrected chi connectivity index (χ4v) is 2.21. The van der Waals surface area contributed by atoms with E-state index in [-0.39, 0.29) is 10.6 Å². The van der Waals surface area contributed by atoms with E-state index in [0.29, 0.717) is 12.5 Å². The zero-order chi connectivity index (χ0) is 12.8. The molecule has 1 aromatic carbocycles. The predicted octanol–water partition coefficient (Wildman–Crippen LogP) is 1.91. The van der Waals surface area contributed by atoms with E-state index in [1.165, 1.54) is 0 Å². The molecular formula is C13H18N2O3. The van der Waals surface area contributed by atoms with Crippen molar-refractivity contribution in [2.45, 2.75) is 25.3 Å². The summed E-state index contributed by atoms with van der Waals surface area (Å²) in [4.78, 5) is 10.5. The highest BCUT2D eigenvalue weighted by atomic mass is 16.6. The van der Waals surface area contributed by atoms with Gasteiger partial charge in [-0.1, -0.05) is 18.2 Å². The lowest BCUT2D eigenvalue weighted by molar-refractivity contribution is -0.385. The first kappa shape index (κ1) is 13.0. The van der Waals surface area contributed by atoms with Gasteiger partial charge in [0.15, 0.2) is 0 Å². The van der Waals surface area contributed by atoms with Gasteiger partial charge in [0.2, 0.25) is 0 Å². The molecule has 0 aromatic heterocycles. The molecule has 5 heteroatoms. The fraction of sp³-hybridized carbons (Fsp3) is 0.538. The lowest BCUT2D eigenvalue weighted by Crippen LogP contribution is -2.37. The van der Waals surface area contributed by atoms with Crippen LogP contribution in [0.4, 0.5) is 5.69 Å². The molecule has 1 aromatic rings. The van der Waals surface area contributed by atoms with Crippen molar-refractivity contribution < 1.29 is 9.66 Å². The van der Waals surface area contributed by atoms with Crippen LogP contribution in [0.15, 0.2) is 24.3 Å². The molecule has 1 fully saturated rings. The number of nitro groups is 1. The van der Waals surface area contributed by atoms with E-state index in [1.807, 2.05) is 12.1 Å². The number of benzene rings is 1. The van der Waals surface area contributed by atoms with Gasteiger partial charge in [-0.2, -0.15) is 0 Å². The number of nitrogens with one attached hydrogen (secondary N) is 1. The lowest BCUT2D eigenvalue weighted by atomic mass is 10.1. The Hall–Kier alpha value is -1.46. The lowest BCUT2D eigenvalue weighted by Gasteiger charge is -2.23. The molecule has 0 spiro atoms. The van der Waals surface area contributed by atoms with Crippen LogP contribution in [0, 0.1) is 10.1 Å². The van der Waals surface area contributed by atoms with Gasteiger partial charge in [0.1, 0.15) is 0 Å². The zero-order valence-electron chi connectivity index (χ0n) is 10.3. The Morgan fingerprint density at radius 3 is 3.00 bits per heavy atom. The second-order valence-electron chi connectivity index (χ2n) is 4.50. The number of ether oxygens (including phenoxy) is 1. The average Bonchev–Trinajstić information content (AvgIpc) is 2.40. The number of rotatable bonds is 5. The molecule has 5 nitrogen and oxygen atoms in total. The third-order valence-electron chi connectivity index (χ3n) is 3.18. The first-order chi connectivity index (χ1) is 8.77. The van der Waals surface area contributed by atoms with Gasteiger partial charge in [0, 0.05) is 24.3 Å². The first-order valence-electron chi connectivity index (χ1n) is 6.31. The SMILES string of the molecule is O=[N+]([O-])c1ccccc1CCNC1CCCOC1. The highest BCUT2D eigenvalue weighted by molar-refractivity contribution is 5.39. The van der Waals surface area contributed by atoms with Crippen molar-refractivity contribution in [3.63, 3.8) is 0 Å². The zero-order valence-corrected chi connectivity index (χ0v) is 10.3. The number of nitrogens with zero attached hydrogens (tertiary/aromatic N) is 1. The molecule has 1 unspecified atom stereocenters. The Balaban J connectivity index is 1.84. The van der Waals surface area contributed by atoms with Crippen LogP contribution in [-0.4, -0.2) is 30.7 Å². The van der Waals surface area contributed by atoms with Crippen molar-refractivity contribution in [3.05, 3.63) is 39.9 Å². The Bertz CT molecular complexity index is 403. The molecule has 1 atom stereocenters. The fourth-order valence-electron chi connectivity index (χ4n) is 2.21. The topological polar surface area (TPSA) is 64.4 Å². The predicted molar refractivity (Wildman–Crippen MR) is 68.6 cm³/mol. The number of para-hydroxylation sites is 1. The first-order valence-corrected chi connectivity index (χ1v) is 6.31. The molecule has 1 aliphatic rings. The minimum atomic E-state index is -0.320. The monoisotopic (exact) mass is 250 g/mol. The largest absolute Gasteiger partial charge is 0.380 e. The summed E-state index contributed by atoms with van der Waals surface area (Å²) in [5, 5.41) is 14.2. The summed E-state index contributed by atoms with van der Waals surface area (Å²) >= 11 is 0. The van der Waals surface area contributed by atoms with Crippen LogP contribution in [0.1, 0.15) is 18.4 Å². The van der Waals surface area contributed by atoms with Crippen molar-refractivity contribution in [2.24, 2.45) is 0 Å². The molecule has 0 amide bonds. The summed E-state index contributed by atoms with van der Waals surface area (Å²) in [6.45, 7) is 2.35. The molecule has 1 aliphatic heterocycles. The minimum Gasteiger partial charge on any atom is -0.380 e. The molecule has 0 saturated carbocycles. The van der Waals surface area contributed by atoms with E-state index < -0.39 is 0 Å². The molecule has 98 valence electrons. The van der Waals surface area contributed by atoms with E-state index in [0.717, 1.165) is 38.2 Å². The van der Waals surface area contributed by atoms with Gasteiger partial charge in [-0.3, -0.25) is 10.1 Å². The van der Waals surface area contributed by atoms with Crippen molar-refractivity contribution in [1.29, 1.82) is 0 Å². The van der Waals surface area contributed by atoms with E-state index >= 15 is 0 Å². The molecule has 0 radical (unpaired) electrons. The third kappa shape index (κ3) is 3.51. The van der Waals surface area contributed by atoms with Crippen LogP contribution in [0.2, 0.25) is 0 Å². The van der Waals surface area contributed by atoms with Gasteiger partial charge in [0.25, 0.3) is 5.69 Å². The highest BCUT2D eigenvalue weighted by Gasteiger charge is 2.15. The average molecular weight is 250 g/mol. The summed E-state index contributed by atoms with van der Waals surface area (Å²) in [7, 11) is 0. The van der Waals surface area contributed by atoms with Gasteiger partial charge < -0.3 is 10.1 Å². The second-order valence-corrected chi connectivity index (χ2v) is 4.50. The number of hydrogen-bond acceptors (Lipinski definition) is 4. The van der Waals surface area contributed by atoms with E-state index in [9.17, 15) is 10.1 Å². The normalized spacial score (nSPS) is 19.7. The van der Waals surface area contributed by atoms with Crippen molar-refractivity contribution >= 4 is 5.69 Å². The van der Waals surface area contributed by atoms with Crippen LogP contribution in [0.25, 0.3) is 0 Å². The van der Waals surface area contributed by atoms with Crippen LogP contribution >= 0.6 is 0 Å². The van der Waals surface area contributed by atoms with Gasteiger partial charge in [-0.15, -0.1) is 0 Å². The molecule has 0 aliphatic carbocycles. The Kier molecular flexibility index (Phi) is 4.66. The summed E-state index contributed by atoms with van der Waals surface area (Å²) in [5.41, 5.74) is 0.992. The van der Waals surface area contributed by atoms with E-state index in [2.05, 4.69) is 5.32 Å². The highest BCUT2D eigenvalue weighted by Crippen LogP contribution is 2.17. The maximum absolute atomic E-state index is 10.9. The molecule has 2 rings (SSSR count). The van der Waals surface area contributed by atoms with Crippen molar-refractivity contribution in [1.82, 2.24) is 5.32 Å².